The van der Waals surface area contributed by atoms with Gasteiger partial charge in [-0.3, -0.25) is 67.0 Å². The Morgan fingerprint density at radius 2 is 0.685 bits per heavy atom. The lowest BCUT2D eigenvalue weighted by atomic mass is 9.89. The molecule has 12 heterocycles. The highest BCUT2D eigenvalue weighted by Gasteiger charge is 2.52. The average Bonchev–Trinajstić information content (AvgIpc) is 0.703. The van der Waals surface area contributed by atoms with Crippen LogP contribution in [0.25, 0.3) is 83.2 Å². The molecule has 6 aliphatic rings. The third-order valence-electron chi connectivity index (χ3n) is 29.0. The molecule has 6 aliphatic heterocycles. The molecule has 12 aromatic rings. The summed E-state index contributed by atoms with van der Waals surface area (Å²) in [7, 11) is 11.2. The number of likely N-dealkylation sites (N-methyl/N-ethyl adjacent to an activating group) is 3. The Hall–Kier alpha value is -13.6. The summed E-state index contributed by atoms with van der Waals surface area (Å²) in [4.78, 5) is 148. The molecule has 28 nitrogen and oxygen atoms in total. The number of halogens is 9. The molecule has 6 aromatic heterocycles. The number of nitrogens with zero attached hydrogens (tertiary/aromatic N) is 17. The minimum Gasteiger partial charge on any atom is -0.507 e. The normalized spacial score (nSPS) is 17.6. The van der Waals surface area contributed by atoms with E-state index in [0.717, 1.165) is 30.2 Å². The fraction of sp³-hybridized carbons (Fsp3) is 0.384. The van der Waals surface area contributed by atoms with E-state index in [4.69, 9.17) is 34.8 Å². The van der Waals surface area contributed by atoms with Crippen molar-refractivity contribution in [1.82, 2.24) is 53.2 Å². The van der Waals surface area contributed by atoms with Gasteiger partial charge >= 0.3 is 0 Å². The highest BCUT2D eigenvalue weighted by molar-refractivity contribution is 6.36. The van der Waals surface area contributed by atoms with Crippen LogP contribution in [0.4, 0.5) is 60.5 Å². The number of phenolic OH excluding ortho intramolecular Hbond substituents is 3. The van der Waals surface area contributed by atoms with Gasteiger partial charge < -0.3 is 69.2 Å². The number of anilines is 6. The van der Waals surface area contributed by atoms with Crippen molar-refractivity contribution in [1.29, 1.82) is 0 Å². The van der Waals surface area contributed by atoms with Gasteiger partial charge in [-0.05, 0) is 214 Å². The zero-order valence-corrected chi connectivity index (χ0v) is 88.9. The van der Waals surface area contributed by atoms with Crippen LogP contribution in [-0.2, 0) is 43.2 Å². The molecule has 0 radical (unpaired) electrons. The van der Waals surface area contributed by atoms with E-state index in [2.05, 4.69) is 35.0 Å². The van der Waals surface area contributed by atoms with E-state index in [9.17, 15) is 39.3 Å². The molecule has 6 atom stereocenters. The number of phenols is 3. The van der Waals surface area contributed by atoms with Crippen molar-refractivity contribution >= 4 is 131 Å². The average molecular weight is 2100 g/mol. The number of rotatable bonds is 23. The molecule has 3 fully saturated rings. The number of fused-ring (bicyclic) bond motifs is 15. The number of aryl methyl sites for hydroxylation is 3. The van der Waals surface area contributed by atoms with Crippen LogP contribution < -0.4 is 46.1 Å². The Kier molecular flexibility index (Phi) is 31.3. The van der Waals surface area contributed by atoms with Crippen molar-refractivity contribution in [2.75, 3.05) is 144 Å². The molecular formula is C112H122Cl3F6N17O11. The Balaban J connectivity index is 0.000000159. The lowest BCUT2D eigenvalue weighted by Crippen LogP contribution is -2.67. The molecule has 3 saturated heterocycles. The minimum atomic E-state index is -1.03. The third kappa shape index (κ3) is 19.0. The first-order valence-corrected chi connectivity index (χ1v) is 51.2. The van der Waals surface area contributed by atoms with Gasteiger partial charge in [-0.25, -0.2) is 26.3 Å². The number of piperazine rings is 2. The topological polar surface area (TPSA) is 286 Å². The Morgan fingerprint density at radius 1 is 0.403 bits per heavy atom. The van der Waals surface area contributed by atoms with Crippen LogP contribution in [-0.4, -0.2) is 242 Å². The Morgan fingerprint density at radius 3 is 0.946 bits per heavy atom. The summed E-state index contributed by atoms with van der Waals surface area (Å²) in [6.45, 7) is 32.9. The van der Waals surface area contributed by atoms with Crippen molar-refractivity contribution in [2.45, 2.75) is 163 Å². The van der Waals surface area contributed by atoms with Gasteiger partial charge in [-0.15, -0.1) is 0 Å². The second kappa shape index (κ2) is 43.1. The van der Waals surface area contributed by atoms with Gasteiger partial charge in [0.15, 0.2) is 17.5 Å². The van der Waals surface area contributed by atoms with Crippen molar-refractivity contribution in [3.8, 4) is 67.7 Å². The van der Waals surface area contributed by atoms with Gasteiger partial charge in [-0.1, -0.05) is 135 Å². The number of pyridine rings is 6. The zero-order chi connectivity index (χ0) is 108. The van der Waals surface area contributed by atoms with E-state index < -0.39 is 127 Å². The first-order valence-electron chi connectivity index (χ1n) is 50.1. The van der Waals surface area contributed by atoms with Gasteiger partial charge in [0.2, 0.25) is 17.7 Å². The molecule has 0 spiro atoms. The second-order valence-electron chi connectivity index (χ2n) is 40.5. The molecule has 18 rings (SSSR count). The molecular weight excluding hydrogens is 1980 g/mol. The summed E-state index contributed by atoms with van der Waals surface area (Å²) < 4.78 is 103. The Labute approximate surface area is 874 Å². The van der Waals surface area contributed by atoms with Crippen LogP contribution in [0.2, 0.25) is 15.1 Å². The Bertz CT molecular complexity index is 7300. The van der Waals surface area contributed by atoms with Crippen LogP contribution in [0.5, 0.6) is 17.2 Å². The van der Waals surface area contributed by atoms with E-state index in [0.29, 0.717) is 108 Å². The lowest BCUT2D eigenvalue weighted by molar-refractivity contribution is -0.132. The van der Waals surface area contributed by atoms with Crippen LogP contribution >= 0.6 is 34.8 Å². The van der Waals surface area contributed by atoms with E-state index in [1.165, 1.54) is 84.2 Å². The molecule has 3 N–H and O–H groups in total. The smallest absolute Gasteiger partial charge is 0.281 e. The van der Waals surface area contributed by atoms with E-state index in [1.54, 1.807) is 67.4 Å². The van der Waals surface area contributed by atoms with E-state index in [1.807, 2.05) is 138 Å². The first kappa shape index (κ1) is 108. The second-order valence-corrected chi connectivity index (χ2v) is 41.8. The van der Waals surface area contributed by atoms with Crippen molar-refractivity contribution in [2.24, 2.45) is 5.92 Å². The van der Waals surface area contributed by atoms with Gasteiger partial charge in [0.05, 0.1) is 113 Å². The van der Waals surface area contributed by atoms with Crippen molar-refractivity contribution in [3.05, 3.63) is 250 Å². The largest absolute Gasteiger partial charge is 0.507 e. The zero-order valence-electron chi connectivity index (χ0n) is 86.6. The number of carbonyl (C=O) groups excluding carboxylic acids is 5. The first-order chi connectivity index (χ1) is 70.8. The number of aromatic nitrogens is 6. The number of aromatic hydroxyl groups is 3. The summed E-state index contributed by atoms with van der Waals surface area (Å²) in [5.74, 6) is -9.19. The molecule has 0 bridgehead atoms. The highest BCUT2D eigenvalue weighted by atomic mass is 35.5. The number of piperidine rings is 1. The maximum atomic E-state index is 17.7. The van der Waals surface area contributed by atoms with Gasteiger partial charge in [0.25, 0.3) is 28.5 Å². The van der Waals surface area contributed by atoms with Crippen molar-refractivity contribution in [3.63, 3.8) is 0 Å². The van der Waals surface area contributed by atoms with E-state index in [-0.39, 0.29) is 175 Å². The van der Waals surface area contributed by atoms with E-state index >= 15 is 40.7 Å². The molecule has 6 aromatic carbocycles. The summed E-state index contributed by atoms with van der Waals surface area (Å²) in [6.07, 6.45) is 10.2. The minimum absolute atomic E-state index is 0.00478. The van der Waals surface area contributed by atoms with Gasteiger partial charge in [-0.2, -0.15) is 0 Å². The number of carbonyl (C=O) groups is 5. The fourth-order valence-corrected chi connectivity index (χ4v) is 22.6. The summed E-state index contributed by atoms with van der Waals surface area (Å²) in [6, 6.07) is 17.6. The molecule has 784 valence electrons. The fourth-order valence-electron chi connectivity index (χ4n) is 21.8. The maximum Gasteiger partial charge on any atom is 0.281 e. The lowest BCUT2D eigenvalue weighted by Gasteiger charge is -2.50. The van der Waals surface area contributed by atoms with Gasteiger partial charge in [0, 0.05) is 122 Å². The van der Waals surface area contributed by atoms with Gasteiger partial charge in [0.1, 0.15) is 69.9 Å². The molecule has 0 aliphatic carbocycles. The molecule has 0 saturated carbocycles. The quantitative estimate of drug-likeness (QED) is 0.0396. The number of hydrogen-bond acceptors (Lipinski definition) is 20. The molecule has 5 amide bonds. The summed E-state index contributed by atoms with van der Waals surface area (Å²) in [5, 5.41) is 32.5. The molecule has 0 unspecified atom stereocenters. The molecule has 149 heavy (non-hydrogen) atoms. The van der Waals surface area contributed by atoms with Crippen LogP contribution in [0.1, 0.15) is 147 Å². The number of benzene rings is 6. The molecule has 37 heteroatoms. The highest BCUT2D eigenvalue weighted by Crippen LogP contribution is 2.55. The van der Waals surface area contributed by atoms with Crippen LogP contribution in [0.3, 0.4) is 0 Å². The number of hydrogen-bond donors (Lipinski definition) is 3. The number of amides is 5. The summed E-state index contributed by atoms with van der Waals surface area (Å²) >= 11 is 20.6. The van der Waals surface area contributed by atoms with Crippen LogP contribution in [0, 0.1) is 40.8 Å². The standard InChI is InChI=1S/2C38H41ClF2N6O4.C36H40ClF2N5O3/c2*1-8-22-13-14-42-32(20(3)4)33(22)47-34-23(17-24(39)29(31(34)41)30-25(40)11-10-12-27(30)48)35-36(38(47)51)44(16-15-43(6)7)37(50)26-19-45(28(49)9-2)21(5)18-46(26)35;1-7-21-13-14-40-30(19(2)3)31(21)44-32-22(17-23(37)27(29(32)39)28-24(38)9-8-10-26(28)45)33-34(36(44)47)42(16-15-41(5)6)35(46)25-12-11-20(4)18-43(25)33/h2*9-14,17,20-21,26,48H,2,8,15-16,18-19H2,1,3-7H3;8-10,13-14,17,19-20,25,45H,7,11-12,15-16,18H2,1-6H3/t2*21-,26-;20-,25+/m110/s1. The van der Waals surface area contributed by atoms with Crippen LogP contribution in [0.15, 0.2) is 149 Å². The third-order valence-corrected chi connectivity index (χ3v) is 29.9. The summed E-state index contributed by atoms with van der Waals surface area (Å²) in [5.41, 5.74) is 1.23. The monoisotopic (exact) mass is 2100 g/mol. The van der Waals surface area contributed by atoms with Crippen molar-refractivity contribution < 1.29 is 65.6 Å². The predicted octanol–water partition coefficient (Wildman–Crippen LogP) is 18.6. The predicted molar refractivity (Wildman–Crippen MR) is 576 cm³/mol. The maximum absolute atomic E-state index is 17.7. The SMILES string of the molecule is C=CC(=O)N1C[C@@H]2C(=O)N(CCN(C)C)c3c(c4cc(Cl)c(-c5c(O)cccc5F)c(F)c4n(-c4c(CC)ccnc4C(C)C)c3=O)N2C[C@H]1C.C=CC(=O)N1C[C@@H]2C(=O)N(CCN(C)C)c3c(c4cc(Cl)c(-c5c(O)cccc5F)c(F)c4n(-c4c(CC)ccnc4C(C)C)c3=O)N2C[C@H]1C.CCc1ccnc(C(C)C)c1-n1c(=O)c2c(c3cc(Cl)c(-c4c(O)cccc4F)c(F)c31)N1C[C@@H](C)CC[C@@H]1C(=O)N2CCN(C)C.